The fourth-order valence-electron chi connectivity index (χ4n) is 5.18. The summed E-state index contributed by atoms with van der Waals surface area (Å²) in [4.78, 5) is 70.5. The molecule has 2 atom stereocenters. The molecule has 0 spiro atoms. The highest BCUT2D eigenvalue weighted by atomic mass is 16.5. The van der Waals surface area contributed by atoms with Gasteiger partial charge in [-0.25, -0.2) is 19.7 Å². The van der Waals surface area contributed by atoms with Gasteiger partial charge in [0.2, 0.25) is 5.91 Å². The number of piperidine rings is 1. The standard InChI is InChI=1S/C26H27N9O5/c1-32-24-23(25(38)35(26(32)39)11-18(36)13-40-2)34(14-29-24)12-22(37)31-20-8-27-7-19(30-20)15-3-4-21(28-6-15)33-9-16-5-17(16)10-33/h3-4,6-8,14,16-17H,5,9-13H2,1-2H3,(H,30,31,37). The van der Waals surface area contributed by atoms with Crippen molar-refractivity contribution in [2.75, 3.05) is 37.0 Å². The van der Waals surface area contributed by atoms with Crippen LogP contribution in [0, 0.1) is 11.8 Å². The number of aryl methyl sites for hydroxylation is 1. The van der Waals surface area contributed by atoms with Crippen LogP contribution in [-0.4, -0.2) is 72.1 Å². The molecule has 1 saturated carbocycles. The summed E-state index contributed by atoms with van der Waals surface area (Å²) in [6.45, 7) is 1.13. The molecule has 1 aliphatic carbocycles. The van der Waals surface area contributed by atoms with Crippen LogP contribution in [0.15, 0.2) is 46.6 Å². The number of imidazole rings is 1. The second-order valence-electron chi connectivity index (χ2n) is 10.2. The van der Waals surface area contributed by atoms with E-state index in [1.54, 1.807) is 12.4 Å². The number of pyridine rings is 1. The van der Waals surface area contributed by atoms with Gasteiger partial charge in [0, 0.05) is 39.0 Å². The maximum absolute atomic E-state index is 13.1. The van der Waals surface area contributed by atoms with E-state index in [4.69, 9.17) is 4.74 Å². The molecule has 1 amide bonds. The molecule has 206 valence electrons. The summed E-state index contributed by atoms with van der Waals surface area (Å²) < 4.78 is 8.09. The van der Waals surface area contributed by atoms with Crippen LogP contribution in [-0.2, 0) is 34.5 Å². The van der Waals surface area contributed by atoms with Gasteiger partial charge in [0.1, 0.15) is 19.0 Å². The SMILES string of the molecule is COCC(=O)Cn1c(=O)c2c(ncn2CC(=O)Nc2cncc(-c3ccc(N4CC5CC5C4)nc3)n2)n(C)c1=O. The molecule has 0 aromatic carbocycles. The first-order valence-electron chi connectivity index (χ1n) is 12.8. The number of hydrogen-bond donors (Lipinski definition) is 1. The zero-order valence-electron chi connectivity index (χ0n) is 22.0. The Bertz CT molecular complexity index is 1730. The number of fused-ring (bicyclic) bond motifs is 2. The molecule has 14 heteroatoms. The molecule has 0 radical (unpaired) electrons. The Labute approximate surface area is 227 Å². The van der Waals surface area contributed by atoms with Crippen LogP contribution >= 0.6 is 0 Å². The number of nitrogens with zero attached hydrogens (tertiary/aromatic N) is 8. The number of hydrogen-bond acceptors (Lipinski definition) is 10. The summed E-state index contributed by atoms with van der Waals surface area (Å²) in [6, 6.07) is 3.91. The first kappa shape index (κ1) is 25.6. The fourth-order valence-corrected chi connectivity index (χ4v) is 5.18. The minimum Gasteiger partial charge on any atom is -0.377 e. The van der Waals surface area contributed by atoms with E-state index >= 15 is 0 Å². The first-order chi connectivity index (χ1) is 19.3. The molecule has 0 bridgehead atoms. The van der Waals surface area contributed by atoms with Gasteiger partial charge in [0.15, 0.2) is 22.8 Å². The largest absolute Gasteiger partial charge is 0.377 e. The second-order valence-corrected chi connectivity index (χ2v) is 10.2. The first-order valence-corrected chi connectivity index (χ1v) is 12.8. The summed E-state index contributed by atoms with van der Waals surface area (Å²) in [5.74, 6) is 1.87. The summed E-state index contributed by atoms with van der Waals surface area (Å²) in [5.41, 5.74) is 0.0140. The summed E-state index contributed by atoms with van der Waals surface area (Å²) in [7, 11) is 2.79. The van der Waals surface area contributed by atoms with Gasteiger partial charge in [-0.05, 0) is 30.4 Å². The van der Waals surface area contributed by atoms with Gasteiger partial charge in [-0.3, -0.25) is 28.5 Å². The zero-order valence-corrected chi connectivity index (χ0v) is 22.0. The fraction of sp³-hybridized carbons (Fsp3) is 0.385. The van der Waals surface area contributed by atoms with Crippen LogP contribution in [0.1, 0.15) is 6.42 Å². The Balaban J connectivity index is 1.18. The molecular formula is C26H27N9O5. The van der Waals surface area contributed by atoms with E-state index in [9.17, 15) is 19.2 Å². The molecule has 1 saturated heterocycles. The van der Waals surface area contributed by atoms with Gasteiger partial charge in [-0.15, -0.1) is 0 Å². The topological polar surface area (TPSA) is 159 Å². The molecule has 1 aliphatic heterocycles. The van der Waals surface area contributed by atoms with Crippen LogP contribution in [0.2, 0.25) is 0 Å². The van der Waals surface area contributed by atoms with Crippen LogP contribution in [0.4, 0.5) is 11.6 Å². The number of anilines is 2. The number of rotatable bonds is 9. The van der Waals surface area contributed by atoms with Gasteiger partial charge < -0.3 is 19.5 Å². The molecular weight excluding hydrogens is 518 g/mol. The van der Waals surface area contributed by atoms with Crippen molar-refractivity contribution >= 4 is 34.5 Å². The summed E-state index contributed by atoms with van der Waals surface area (Å²) in [5, 5.41) is 2.69. The number of carbonyl (C=O) groups is 2. The lowest BCUT2D eigenvalue weighted by atomic mass is 10.2. The third kappa shape index (κ3) is 4.77. The quantitative estimate of drug-likeness (QED) is 0.305. The third-order valence-electron chi connectivity index (χ3n) is 7.30. The number of ether oxygens (including phenoxy) is 1. The number of nitrogens with one attached hydrogen (secondary N) is 1. The molecule has 2 fully saturated rings. The lowest BCUT2D eigenvalue weighted by Gasteiger charge is -2.18. The Kier molecular flexibility index (Phi) is 6.46. The Morgan fingerprint density at radius 2 is 1.88 bits per heavy atom. The van der Waals surface area contributed by atoms with Gasteiger partial charge in [-0.2, -0.15) is 0 Å². The predicted molar refractivity (Wildman–Crippen MR) is 144 cm³/mol. The molecule has 1 N–H and O–H groups in total. The van der Waals surface area contributed by atoms with E-state index in [0.717, 1.165) is 45.4 Å². The van der Waals surface area contributed by atoms with E-state index in [1.165, 1.54) is 37.7 Å². The second kappa shape index (κ2) is 10.1. The van der Waals surface area contributed by atoms with Crippen molar-refractivity contribution in [3.63, 3.8) is 0 Å². The molecule has 14 nitrogen and oxygen atoms in total. The lowest BCUT2D eigenvalue weighted by molar-refractivity contribution is -0.123. The Morgan fingerprint density at radius 1 is 1.07 bits per heavy atom. The van der Waals surface area contributed by atoms with Crippen molar-refractivity contribution in [2.24, 2.45) is 18.9 Å². The van der Waals surface area contributed by atoms with E-state index in [2.05, 4.69) is 30.2 Å². The summed E-state index contributed by atoms with van der Waals surface area (Å²) >= 11 is 0. The predicted octanol–water partition coefficient (Wildman–Crippen LogP) is 0.0590. The van der Waals surface area contributed by atoms with Gasteiger partial charge in [-0.1, -0.05) is 0 Å². The molecule has 4 aromatic heterocycles. The molecule has 40 heavy (non-hydrogen) atoms. The van der Waals surface area contributed by atoms with Crippen molar-refractivity contribution < 1.29 is 14.3 Å². The van der Waals surface area contributed by atoms with Gasteiger partial charge in [0.25, 0.3) is 5.56 Å². The Morgan fingerprint density at radius 3 is 2.60 bits per heavy atom. The maximum Gasteiger partial charge on any atom is 0.332 e. The minimum absolute atomic E-state index is 0.0174. The highest BCUT2D eigenvalue weighted by Gasteiger charge is 2.45. The number of carbonyl (C=O) groups excluding carboxylic acids is 2. The van der Waals surface area contributed by atoms with Crippen LogP contribution < -0.4 is 21.5 Å². The molecule has 2 aliphatic rings. The maximum atomic E-state index is 13.1. The highest BCUT2D eigenvalue weighted by molar-refractivity contribution is 5.90. The summed E-state index contributed by atoms with van der Waals surface area (Å²) in [6.07, 6.45) is 7.39. The number of aromatic nitrogens is 7. The lowest BCUT2D eigenvalue weighted by Crippen LogP contribution is -2.42. The van der Waals surface area contributed by atoms with Crippen LogP contribution in [0.3, 0.4) is 0 Å². The smallest absolute Gasteiger partial charge is 0.332 e. The number of amides is 1. The van der Waals surface area contributed by atoms with Crippen molar-refractivity contribution in [1.29, 1.82) is 0 Å². The number of methoxy groups -OCH3 is 1. The normalized spacial score (nSPS) is 17.7. The van der Waals surface area contributed by atoms with E-state index in [0.29, 0.717) is 5.69 Å². The van der Waals surface area contributed by atoms with Crippen molar-refractivity contribution in [3.05, 3.63) is 57.9 Å². The molecule has 6 rings (SSSR count). The minimum atomic E-state index is -0.725. The monoisotopic (exact) mass is 545 g/mol. The molecule has 2 unspecified atom stereocenters. The molecule has 5 heterocycles. The third-order valence-corrected chi connectivity index (χ3v) is 7.30. The number of ketones is 1. The van der Waals surface area contributed by atoms with Crippen molar-refractivity contribution in [1.82, 2.24) is 33.6 Å². The van der Waals surface area contributed by atoms with E-state index in [1.807, 2.05) is 12.1 Å². The van der Waals surface area contributed by atoms with Gasteiger partial charge in [0.05, 0.1) is 31.0 Å². The zero-order chi connectivity index (χ0) is 28.0. The Hall–Kier alpha value is -4.72. The van der Waals surface area contributed by atoms with Crippen LogP contribution in [0.5, 0.6) is 0 Å². The highest BCUT2D eigenvalue weighted by Crippen LogP contribution is 2.45. The molecule has 4 aromatic rings. The average molecular weight is 546 g/mol. The van der Waals surface area contributed by atoms with E-state index in [-0.39, 0.29) is 30.1 Å². The average Bonchev–Trinajstić information content (AvgIpc) is 3.34. The number of Topliss-reactive ketones (excluding diaryl/α,β-unsaturated/α-hetero) is 1. The van der Waals surface area contributed by atoms with E-state index < -0.39 is 29.5 Å². The van der Waals surface area contributed by atoms with Crippen molar-refractivity contribution in [2.45, 2.75) is 19.5 Å². The van der Waals surface area contributed by atoms with Gasteiger partial charge >= 0.3 is 5.69 Å². The van der Waals surface area contributed by atoms with Crippen molar-refractivity contribution in [3.8, 4) is 11.3 Å². The van der Waals surface area contributed by atoms with Crippen LogP contribution in [0.25, 0.3) is 22.4 Å².